The van der Waals surface area contributed by atoms with Crippen molar-refractivity contribution in [3.8, 4) is 0 Å². The summed E-state index contributed by atoms with van der Waals surface area (Å²) in [6.07, 6.45) is -2.05. The third-order valence-corrected chi connectivity index (χ3v) is 3.36. The molecule has 1 heterocycles. The number of nitrogens with one attached hydrogen (secondary N) is 1. The van der Waals surface area contributed by atoms with E-state index in [1.807, 2.05) is 12.3 Å². The van der Waals surface area contributed by atoms with E-state index in [0.29, 0.717) is 13.0 Å². The van der Waals surface area contributed by atoms with E-state index in [1.165, 1.54) is 11.3 Å². The molecule has 0 saturated heterocycles. The lowest BCUT2D eigenvalue weighted by Crippen LogP contribution is -2.37. The van der Waals surface area contributed by atoms with Crippen molar-refractivity contribution in [2.75, 3.05) is 6.54 Å². The van der Waals surface area contributed by atoms with Crippen LogP contribution in [-0.4, -0.2) is 24.0 Å². The number of thiazole rings is 1. The fourth-order valence-corrected chi connectivity index (χ4v) is 2.53. The van der Waals surface area contributed by atoms with Gasteiger partial charge >= 0.3 is 0 Å². The lowest BCUT2D eigenvalue weighted by molar-refractivity contribution is 0.0990. The van der Waals surface area contributed by atoms with Crippen LogP contribution in [0.1, 0.15) is 38.4 Å². The summed E-state index contributed by atoms with van der Waals surface area (Å²) in [6, 6.07) is -0.793. The Hall–Kier alpha value is -0.550. The van der Waals surface area contributed by atoms with Gasteiger partial charge in [-0.3, -0.25) is 0 Å². The minimum absolute atomic E-state index is 0.0206. The lowest BCUT2D eigenvalue weighted by Gasteiger charge is -2.16. The second kappa shape index (κ2) is 5.87. The van der Waals surface area contributed by atoms with Crippen LogP contribution in [0.15, 0.2) is 5.38 Å². The molecular formula is C12H20F2N2S. The van der Waals surface area contributed by atoms with Crippen molar-refractivity contribution in [3.63, 3.8) is 0 Å². The van der Waals surface area contributed by atoms with E-state index >= 15 is 0 Å². The first-order valence-electron chi connectivity index (χ1n) is 5.81. The maximum absolute atomic E-state index is 12.7. The highest BCUT2D eigenvalue weighted by Gasteiger charge is 2.23. The molecule has 2 nitrogen and oxygen atoms in total. The molecule has 0 aliphatic carbocycles. The molecule has 0 spiro atoms. The molecule has 0 aliphatic heterocycles. The summed E-state index contributed by atoms with van der Waals surface area (Å²) in [5.41, 5.74) is 0.954. The Morgan fingerprint density at radius 3 is 2.47 bits per heavy atom. The molecule has 0 bridgehead atoms. The number of hydrogen-bond donors (Lipinski definition) is 1. The van der Waals surface area contributed by atoms with Gasteiger partial charge in [0, 0.05) is 17.2 Å². The van der Waals surface area contributed by atoms with Crippen molar-refractivity contribution in [2.45, 2.75) is 52.0 Å². The second-order valence-corrected chi connectivity index (χ2v) is 6.02. The van der Waals surface area contributed by atoms with Crippen LogP contribution >= 0.6 is 11.3 Å². The molecule has 0 aromatic carbocycles. The summed E-state index contributed by atoms with van der Waals surface area (Å²) < 4.78 is 25.5. The van der Waals surface area contributed by atoms with Crippen molar-refractivity contribution >= 4 is 11.3 Å². The predicted octanol–water partition coefficient (Wildman–Crippen LogP) is 3.23. The van der Waals surface area contributed by atoms with Gasteiger partial charge in [-0.2, -0.15) is 0 Å². The van der Waals surface area contributed by atoms with Crippen LogP contribution in [0.3, 0.4) is 0 Å². The van der Waals surface area contributed by atoms with E-state index < -0.39 is 12.5 Å². The number of alkyl halides is 2. The molecule has 5 heteroatoms. The molecule has 0 saturated carbocycles. The third-order valence-electron chi connectivity index (χ3n) is 2.49. The number of rotatable bonds is 5. The lowest BCUT2D eigenvalue weighted by atomic mass is 9.93. The molecule has 0 amide bonds. The standard InChI is InChI=1S/C12H20F2N2S/c1-5-15-8(11(13)14)6-10-16-9(7-17-10)12(2,3)4/h7-8,11,15H,5-6H2,1-4H3. The van der Waals surface area contributed by atoms with Gasteiger partial charge in [0.05, 0.1) is 16.7 Å². The Labute approximate surface area is 105 Å². The van der Waals surface area contributed by atoms with Crippen LogP contribution in [-0.2, 0) is 11.8 Å². The van der Waals surface area contributed by atoms with E-state index in [1.54, 1.807) is 0 Å². The molecule has 0 aliphatic rings. The van der Waals surface area contributed by atoms with Gasteiger partial charge in [-0.1, -0.05) is 27.7 Å². The highest BCUT2D eigenvalue weighted by atomic mass is 32.1. The first-order chi connectivity index (χ1) is 7.84. The maximum Gasteiger partial charge on any atom is 0.254 e. The average Bonchev–Trinajstić information content (AvgIpc) is 2.64. The predicted molar refractivity (Wildman–Crippen MR) is 68.0 cm³/mol. The highest BCUT2D eigenvalue weighted by molar-refractivity contribution is 7.09. The number of hydrogen-bond acceptors (Lipinski definition) is 3. The van der Waals surface area contributed by atoms with Gasteiger partial charge in [0.15, 0.2) is 0 Å². The SMILES string of the molecule is CCNC(Cc1nc(C(C)(C)C)cs1)C(F)F. The topological polar surface area (TPSA) is 24.9 Å². The fraction of sp³-hybridized carbons (Fsp3) is 0.750. The summed E-state index contributed by atoms with van der Waals surface area (Å²) in [6.45, 7) is 8.59. The second-order valence-electron chi connectivity index (χ2n) is 5.08. The van der Waals surface area contributed by atoms with Crippen molar-refractivity contribution in [1.29, 1.82) is 0 Å². The molecule has 1 aromatic heterocycles. The maximum atomic E-state index is 12.7. The van der Waals surface area contributed by atoms with Crippen LogP contribution < -0.4 is 5.32 Å². The molecule has 17 heavy (non-hydrogen) atoms. The first kappa shape index (κ1) is 14.5. The van der Waals surface area contributed by atoms with Gasteiger partial charge in [0.2, 0.25) is 0 Å². The van der Waals surface area contributed by atoms with E-state index in [4.69, 9.17) is 0 Å². The molecule has 98 valence electrons. The van der Waals surface area contributed by atoms with E-state index in [2.05, 4.69) is 31.1 Å². The third kappa shape index (κ3) is 4.32. The van der Waals surface area contributed by atoms with Gasteiger partial charge < -0.3 is 5.32 Å². The van der Waals surface area contributed by atoms with Gasteiger partial charge in [0.1, 0.15) is 0 Å². The van der Waals surface area contributed by atoms with Crippen LogP contribution in [0.4, 0.5) is 8.78 Å². The van der Waals surface area contributed by atoms with E-state index in [9.17, 15) is 8.78 Å². The van der Waals surface area contributed by atoms with Crippen molar-refractivity contribution in [1.82, 2.24) is 10.3 Å². The summed E-state index contributed by atoms with van der Waals surface area (Å²) in [5, 5.41) is 5.54. The molecule has 1 N–H and O–H groups in total. The fourth-order valence-electron chi connectivity index (χ4n) is 1.45. The number of likely N-dealkylation sites (N-methyl/N-ethyl adjacent to an activating group) is 1. The summed E-state index contributed by atoms with van der Waals surface area (Å²) in [5.74, 6) is 0. The summed E-state index contributed by atoms with van der Waals surface area (Å²) in [4.78, 5) is 4.43. The summed E-state index contributed by atoms with van der Waals surface area (Å²) >= 11 is 1.46. The number of aromatic nitrogens is 1. The summed E-state index contributed by atoms with van der Waals surface area (Å²) in [7, 11) is 0. The zero-order valence-electron chi connectivity index (χ0n) is 10.8. The van der Waals surface area contributed by atoms with Gasteiger partial charge in [-0.05, 0) is 6.54 Å². The number of halogens is 2. The molecular weight excluding hydrogens is 242 g/mol. The highest BCUT2D eigenvalue weighted by Crippen LogP contribution is 2.24. The van der Waals surface area contributed by atoms with Gasteiger partial charge in [-0.15, -0.1) is 11.3 Å². The molecule has 1 aromatic rings. The first-order valence-corrected chi connectivity index (χ1v) is 6.69. The van der Waals surface area contributed by atoms with Crippen LogP contribution in [0.5, 0.6) is 0 Å². The Morgan fingerprint density at radius 1 is 1.41 bits per heavy atom. The largest absolute Gasteiger partial charge is 0.309 e. The van der Waals surface area contributed by atoms with Crippen LogP contribution in [0.25, 0.3) is 0 Å². The van der Waals surface area contributed by atoms with Gasteiger partial charge in [0.25, 0.3) is 6.43 Å². The molecule has 0 fully saturated rings. The number of nitrogens with zero attached hydrogens (tertiary/aromatic N) is 1. The minimum Gasteiger partial charge on any atom is -0.309 e. The Morgan fingerprint density at radius 2 is 2.06 bits per heavy atom. The van der Waals surface area contributed by atoms with Crippen molar-refractivity contribution in [2.24, 2.45) is 0 Å². The quantitative estimate of drug-likeness (QED) is 0.881. The Balaban J connectivity index is 2.70. The van der Waals surface area contributed by atoms with Gasteiger partial charge in [-0.25, -0.2) is 13.8 Å². The molecule has 1 rings (SSSR count). The minimum atomic E-state index is -2.35. The molecule has 1 atom stereocenters. The monoisotopic (exact) mass is 262 g/mol. The Bertz CT molecular complexity index is 345. The van der Waals surface area contributed by atoms with E-state index in [0.717, 1.165) is 10.7 Å². The zero-order chi connectivity index (χ0) is 13.1. The Kier molecular flexibility index (Phi) is 5.01. The average molecular weight is 262 g/mol. The normalized spacial score (nSPS) is 14.3. The zero-order valence-corrected chi connectivity index (χ0v) is 11.6. The van der Waals surface area contributed by atoms with Crippen molar-refractivity contribution in [3.05, 3.63) is 16.1 Å². The molecule has 1 unspecified atom stereocenters. The van der Waals surface area contributed by atoms with Crippen molar-refractivity contribution < 1.29 is 8.78 Å². The van der Waals surface area contributed by atoms with Crippen LogP contribution in [0, 0.1) is 0 Å². The smallest absolute Gasteiger partial charge is 0.254 e. The van der Waals surface area contributed by atoms with Crippen LogP contribution in [0.2, 0.25) is 0 Å². The van der Waals surface area contributed by atoms with E-state index in [-0.39, 0.29) is 5.41 Å². The molecule has 0 radical (unpaired) electrons.